The molecule has 12 heteroatoms. The van der Waals surface area contributed by atoms with E-state index in [1.165, 1.54) is 6.07 Å². The number of phenolic OH excluding ortho intramolecular Hbond substituents is 1. The van der Waals surface area contributed by atoms with Gasteiger partial charge in [0.2, 0.25) is 11.7 Å². The summed E-state index contributed by atoms with van der Waals surface area (Å²) in [5.41, 5.74) is -0.435. The van der Waals surface area contributed by atoms with Crippen LogP contribution in [0.5, 0.6) is 5.75 Å². The van der Waals surface area contributed by atoms with Crippen LogP contribution < -0.4 is 5.32 Å². The molecule has 1 fully saturated rings. The quantitative estimate of drug-likeness (QED) is 0.381. The molecule has 3 rings (SSSR count). The van der Waals surface area contributed by atoms with Crippen LogP contribution in [-0.2, 0) is 9.59 Å². The first-order valence-corrected chi connectivity index (χ1v) is 9.71. The zero-order valence-electron chi connectivity index (χ0n) is 14.8. The van der Waals surface area contributed by atoms with E-state index in [9.17, 15) is 29.6 Å². The van der Waals surface area contributed by atoms with E-state index in [1.807, 2.05) is 0 Å². The topological polar surface area (TPSA) is 130 Å². The fourth-order valence-electron chi connectivity index (χ4n) is 2.53. The predicted molar refractivity (Wildman–Crippen MR) is 113 cm³/mol. The Balaban J connectivity index is 1.80. The van der Waals surface area contributed by atoms with Crippen molar-refractivity contribution in [2.24, 2.45) is 0 Å². The maximum atomic E-state index is 12.6. The Hall–Kier alpha value is -3.08. The van der Waals surface area contributed by atoms with E-state index < -0.39 is 40.0 Å². The molecule has 1 aliphatic rings. The highest BCUT2D eigenvalue weighted by molar-refractivity contribution is 8.18. The van der Waals surface area contributed by atoms with E-state index >= 15 is 0 Å². The molecule has 0 atom stereocenters. The van der Waals surface area contributed by atoms with Crippen LogP contribution in [-0.4, -0.2) is 38.5 Å². The van der Waals surface area contributed by atoms with Gasteiger partial charge in [-0.15, -0.1) is 0 Å². The fraction of sp³-hybridized carbons (Fsp3) is 0.0556. The zero-order valence-corrected chi connectivity index (χ0v) is 17.1. The van der Waals surface area contributed by atoms with Gasteiger partial charge in [0.25, 0.3) is 11.1 Å². The van der Waals surface area contributed by atoms with E-state index in [2.05, 4.69) is 5.32 Å². The number of hydrogen-bond donors (Lipinski definition) is 2. The van der Waals surface area contributed by atoms with Crippen LogP contribution in [0.1, 0.15) is 5.56 Å². The van der Waals surface area contributed by atoms with Gasteiger partial charge in [0, 0.05) is 16.7 Å². The number of imide groups is 1. The normalized spacial score (nSPS) is 15.0. The molecule has 3 amide bonds. The predicted octanol–water partition coefficient (Wildman–Crippen LogP) is 4.28. The second-order valence-corrected chi connectivity index (χ2v) is 7.75. The van der Waals surface area contributed by atoms with E-state index in [0.29, 0.717) is 22.3 Å². The van der Waals surface area contributed by atoms with Gasteiger partial charge < -0.3 is 10.4 Å². The lowest BCUT2D eigenvalue weighted by Gasteiger charge is -2.13. The molecule has 2 N–H and O–H groups in total. The van der Waals surface area contributed by atoms with Crippen LogP contribution in [0.15, 0.2) is 41.3 Å². The molecule has 0 aromatic heterocycles. The van der Waals surface area contributed by atoms with Gasteiger partial charge in [-0.05, 0) is 36.0 Å². The van der Waals surface area contributed by atoms with Crippen LogP contribution in [0.2, 0.25) is 10.0 Å². The van der Waals surface area contributed by atoms with Gasteiger partial charge in [0.05, 0.1) is 20.5 Å². The van der Waals surface area contributed by atoms with Crippen molar-refractivity contribution in [1.82, 2.24) is 4.90 Å². The van der Waals surface area contributed by atoms with Crippen molar-refractivity contribution < 1.29 is 24.4 Å². The van der Waals surface area contributed by atoms with Crippen LogP contribution in [0.3, 0.4) is 0 Å². The minimum atomic E-state index is -0.830. The Bertz CT molecular complexity index is 1120. The number of nitro benzene ring substituents is 1. The van der Waals surface area contributed by atoms with Gasteiger partial charge in [-0.25, -0.2) is 0 Å². The molecule has 154 valence electrons. The second-order valence-electron chi connectivity index (χ2n) is 5.92. The molecular formula is C18H11Cl2N3O6S. The lowest BCUT2D eigenvalue weighted by molar-refractivity contribution is -0.385. The van der Waals surface area contributed by atoms with E-state index in [1.54, 1.807) is 24.3 Å². The number of nitrogens with zero attached hydrogens (tertiary/aromatic N) is 2. The van der Waals surface area contributed by atoms with Crippen LogP contribution in [0.4, 0.5) is 16.2 Å². The summed E-state index contributed by atoms with van der Waals surface area (Å²) in [4.78, 5) is 47.7. The number of aromatic hydroxyl groups is 1. The molecule has 1 heterocycles. The molecule has 0 aliphatic carbocycles. The summed E-state index contributed by atoms with van der Waals surface area (Å²) in [7, 11) is 0. The number of carbonyl (C=O) groups is 3. The molecule has 0 unspecified atom stereocenters. The van der Waals surface area contributed by atoms with Gasteiger partial charge in [-0.1, -0.05) is 35.3 Å². The summed E-state index contributed by atoms with van der Waals surface area (Å²) in [6.45, 7) is -0.561. The van der Waals surface area contributed by atoms with E-state index in [-0.39, 0.29) is 20.5 Å². The highest BCUT2D eigenvalue weighted by Crippen LogP contribution is 2.38. The summed E-state index contributed by atoms with van der Waals surface area (Å²) >= 11 is 12.3. The number of carbonyl (C=O) groups excluding carboxylic acids is 3. The number of anilines is 1. The third-order valence-corrected chi connectivity index (χ3v) is 5.35. The summed E-state index contributed by atoms with van der Waals surface area (Å²) in [6, 6.07) is 8.62. The number of phenols is 1. The third-order valence-electron chi connectivity index (χ3n) is 3.89. The van der Waals surface area contributed by atoms with Gasteiger partial charge in [-0.2, -0.15) is 0 Å². The number of benzene rings is 2. The molecular weight excluding hydrogens is 457 g/mol. The average molecular weight is 468 g/mol. The molecule has 0 radical (unpaired) electrons. The fourth-order valence-corrected chi connectivity index (χ4v) is 3.76. The zero-order chi connectivity index (χ0) is 22.0. The number of thioether (sulfide) groups is 1. The molecule has 2 aromatic carbocycles. The Kier molecular flexibility index (Phi) is 6.30. The largest absolute Gasteiger partial charge is 0.502 e. The second kappa shape index (κ2) is 8.74. The summed E-state index contributed by atoms with van der Waals surface area (Å²) in [5, 5.41) is 23.1. The number of rotatable bonds is 5. The van der Waals surface area contributed by atoms with Crippen molar-refractivity contribution in [2.75, 3.05) is 11.9 Å². The van der Waals surface area contributed by atoms with Crippen molar-refractivity contribution in [3.8, 4) is 5.75 Å². The van der Waals surface area contributed by atoms with Gasteiger partial charge in [0.15, 0.2) is 0 Å². The Labute approximate surface area is 183 Å². The minimum Gasteiger partial charge on any atom is -0.502 e. The van der Waals surface area contributed by atoms with E-state index in [0.717, 1.165) is 12.1 Å². The van der Waals surface area contributed by atoms with Crippen molar-refractivity contribution in [3.05, 3.63) is 67.0 Å². The SMILES string of the molecule is O=C(CN1C(=O)S/C(=C/c2cc(Cl)cc([N+](=O)[O-])c2O)C1=O)Nc1ccccc1Cl. The highest BCUT2D eigenvalue weighted by Gasteiger charge is 2.36. The lowest BCUT2D eigenvalue weighted by Crippen LogP contribution is -2.36. The molecule has 0 bridgehead atoms. The van der Waals surface area contributed by atoms with Crippen molar-refractivity contribution in [1.29, 1.82) is 0 Å². The summed E-state index contributed by atoms with van der Waals surface area (Å²) < 4.78 is 0. The molecule has 0 saturated carbocycles. The molecule has 2 aromatic rings. The van der Waals surface area contributed by atoms with Gasteiger partial charge in [0.1, 0.15) is 6.54 Å². The van der Waals surface area contributed by atoms with Crippen LogP contribution >= 0.6 is 35.0 Å². The number of hydrogen-bond acceptors (Lipinski definition) is 7. The van der Waals surface area contributed by atoms with Crippen LogP contribution in [0, 0.1) is 10.1 Å². The van der Waals surface area contributed by atoms with Gasteiger partial charge in [-0.3, -0.25) is 29.4 Å². The van der Waals surface area contributed by atoms with Crippen molar-refractivity contribution in [2.45, 2.75) is 0 Å². The number of nitrogens with one attached hydrogen (secondary N) is 1. The first-order valence-electron chi connectivity index (χ1n) is 8.14. The Morgan fingerprint density at radius 3 is 2.63 bits per heavy atom. The monoisotopic (exact) mass is 467 g/mol. The summed E-state index contributed by atoms with van der Waals surface area (Å²) in [5.74, 6) is -2.14. The van der Waals surface area contributed by atoms with Gasteiger partial charge >= 0.3 is 5.69 Å². The Morgan fingerprint density at radius 2 is 1.97 bits per heavy atom. The molecule has 1 aliphatic heterocycles. The average Bonchev–Trinajstić information content (AvgIpc) is 2.93. The molecule has 30 heavy (non-hydrogen) atoms. The maximum Gasteiger partial charge on any atom is 0.312 e. The smallest absolute Gasteiger partial charge is 0.312 e. The first kappa shape index (κ1) is 21.6. The number of para-hydroxylation sites is 1. The first-order chi connectivity index (χ1) is 14.2. The number of amides is 3. The minimum absolute atomic E-state index is 0.0379. The molecule has 1 saturated heterocycles. The molecule has 0 spiro atoms. The lowest BCUT2D eigenvalue weighted by atomic mass is 10.1. The van der Waals surface area contributed by atoms with Crippen molar-refractivity contribution >= 4 is 69.5 Å². The number of halogens is 2. The van der Waals surface area contributed by atoms with Crippen LogP contribution in [0.25, 0.3) is 6.08 Å². The standard InChI is InChI=1S/C18H11Cl2N3O6S/c19-10-5-9(16(25)13(7-10)23(28)29)6-14-17(26)22(18(27)30-14)8-15(24)21-12-4-2-1-3-11(12)20/h1-7,25H,8H2,(H,21,24)/b14-6+. The van der Waals surface area contributed by atoms with Crippen molar-refractivity contribution in [3.63, 3.8) is 0 Å². The third kappa shape index (κ3) is 4.56. The number of nitro groups is 1. The highest BCUT2D eigenvalue weighted by atomic mass is 35.5. The Morgan fingerprint density at radius 1 is 1.27 bits per heavy atom. The summed E-state index contributed by atoms with van der Waals surface area (Å²) in [6.07, 6.45) is 1.10. The van der Waals surface area contributed by atoms with E-state index in [4.69, 9.17) is 23.2 Å². The maximum absolute atomic E-state index is 12.6. The molecule has 9 nitrogen and oxygen atoms in total.